The molecule has 0 saturated carbocycles. The Balaban J connectivity index is 2.74. The summed E-state index contributed by atoms with van der Waals surface area (Å²) in [7, 11) is 0. The molecule has 0 saturated heterocycles. The average molecular weight is 199 g/mol. The van der Waals surface area contributed by atoms with E-state index >= 15 is 0 Å². The Bertz CT molecular complexity index is 302. The second kappa shape index (κ2) is 5.21. The summed E-state index contributed by atoms with van der Waals surface area (Å²) >= 11 is 0. The second-order valence-electron chi connectivity index (χ2n) is 2.54. The van der Waals surface area contributed by atoms with Gasteiger partial charge in [-0.15, -0.1) is 6.58 Å². The molecule has 14 heavy (non-hydrogen) atoms. The molecule has 1 aromatic carbocycles. The highest BCUT2D eigenvalue weighted by Gasteiger charge is 2.07. The number of rotatable bonds is 5. The molecule has 1 rings (SSSR count). The monoisotopic (exact) mass is 199 g/mol. The first-order valence-corrected chi connectivity index (χ1v) is 4.12. The maximum absolute atomic E-state index is 12.0. The van der Waals surface area contributed by atoms with Crippen molar-refractivity contribution in [2.75, 3.05) is 11.9 Å². The Hall–Kier alpha value is -1.58. The van der Waals surface area contributed by atoms with Crippen molar-refractivity contribution in [3.8, 4) is 5.75 Å². The molecule has 0 atom stereocenters. The van der Waals surface area contributed by atoms with Gasteiger partial charge in [0.15, 0.2) is 0 Å². The zero-order chi connectivity index (χ0) is 10.4. The van der Waals surface area contributed by atoms with Gasteiger partial charge < -0.3 is 10.1 Å². The third-order valence-electron chi connectivity index (χ3n) is 1.54. The van der Waals surface area contributed by atoms with E-state index in [2.05, 4.69) is 16.6 Å². The van der Waals surface area contributed by atoms with Gasteiger partial charge in [-0.25, -0.2) is 0 Å². The fourth-order valence-corrected chi connectivity index (χ4v) is 0.994. The number of anilines is 1. The van der Waals surface area contributed by atoms with Crippen molar-refractivity contribution in [2.24, 2.45) is 0 Å². The van der Waals surface area contributed by atoms with Gasteiger partial charge in [0.1, 0.15) is 5.75 Å². The van der Waals surface area contributed by atoms with Gasteiger partial charge in [-0.05, 0) is 12.1 Å². The van der Waals surface area contributed by atoms with Crippen LogP contribution in [0.25, 0.3) is 0 Å². The van der Waals surface area contributed by atoms with Crippen molar-refractivity contribution in [1.29, 1.82) is 0 Å². The minimum Gasteiger partial charge on any atom is -0.433 e. The van der Waals surface area contributed by atoms with Gasteiger partial charge >= 0.3 is 6.61 Å². The van der Waals surface area contributed by atoms with Crippen LogP contribution in [-0.2, 0) is 0 Å². The molecule has 0 unspecified atom stereocenters. The summed E-state index contributed by atoms with van der Waals surface area (Å²) in [5, 5.41) is 2.89. The van der Waals surface area contributed by atoms with Crippen molar-refractivity contribution in [2.45, 2.75) is 6.61 Å². The van der Waals surface area contributed by atoms with E-state index in [0.717, 1.165) is 0 Å². The van der Waals surface area contributed by atoms with E-state index in [1.807, 2.05) is 0 Å². The summed E-state index contributed by atoms with van der Waals surface area (Å²) in [6.07, 6.45) is 1.64. The van der Waals surface area contributed by atoms with Crippen LogP contribution in [0.5, 0.6) is 5.75 Å². The summed E-state index contributed by atoms with van der Waals surface area (Å²) < 4.78 is 28.2. The average Bonchev–Trinajstić information content (AvgIpc) is 2.16. The van der Waals surface area contributed by atoms with Crippen molar-refractivity contribution in [3.05, 3.63) is 36.9 Å². The SMILES string of the molecule is C=CCNc1ccccc1OC(F)F. The van der Waals surface area contributed by atoms with Gasteiger partial charge in [-0.1, -0.05) is 18.2 Å². The predicted molar refractivity (Wildman–Crippen MR) is 51.8 cm³/mol. The molecule has 4 heteroatoms. The number of para-hydroxylation sites is 2. The number of nitrogens with one attached hydrogen (secondary N) is 1. The highest BCUT2D eigenvalue weighted by molar-refractivity contribution is 5.56. The Morgan fingerprint density at radius 3 is 2.79 bits per heavy atom. The van der Waals surface area contributed by atoms with Crippen LogP contribution in [-0.4, -0.2) is 13.2 Å². The van der Waals surface area contributed by atoms with E-state index in [-0.39, 0.29) is 5.75 Å². The van der Waals surface area contributed by atoms with Gasteiger partial charge in [0.25, 0.3) is 0 Å². The number of hydrogen-bond acceptors (Lipinski definition) is 2. The maximum Gasteiger partial charge on any atom is 0.387 e. The molecule has 0 spiro atoms. The zero-order valence-corrected chi connectivity index (χ0v) is 7.54. The van der Waals surface area contributed by atoms with Crippen LogP contribution in [0.2, 0.25) is 0 Å². The highest BCUT2D eigenvalue weighted by atomic mass is 19.3. The maximum atomic E-state index is 12.0. The molecule has 2 nitrogen and oxygen atoms in total. The van der Waals surface area contributed by atoms with Crippen LogP contribution in [0.15, 0.2) is 36.9 Å². The van der Waals surface area contributed by atoms with Crippen LogP contribution in [0.3, 0.4) is 0 Å². The summed E-state index contributed by atoms with van der Waals surface area (Å²) in [5.74, 6) is 0.143. The third kappa shape index (κ3) is 3.05. The second-order valence-corrected chi connectivity index (χ2v) is 2.54. The van der Waals surface area contributed by atoms with E-state index in [0.29, 0.717) is 12.2 Å². The number of benzene rings is 1. The van der Waals surface area contributed by atoms with Gasteiger partial charge in [0, 0.05) is 6.54 Å². The molecule has 0 fully saturated rings. The lowest BCUT2D eigenvalue weighted by atomic mass is 10.3. The van der Waals surface area contributed by atoms with Crippen LogP contribution >= 0.6 is 0 Å². The van der Waals surface area contributed by atoms with Crippen LogP contribution < -0.4 is 10.1 Å². The van der Waals surface area contributed by atoms with Gasteiger partial charge in [0.05, 0.1) is 5.69 Å². The minimum atomic E-state index is -2.80. The molecule has 1 aromatic rings. The summed E-state index contributed by atoms with van der Waals surface area (Å²) in [4.78, 5) is 0. The van der Waals surface area contributed by atoms with E-state index in [1.165, 1.54) is 6.07 Å². The van der Waals surface area contributed by atoms with Crippen molar-refractivity contribution >= 4 is 5.69 Å². The van der Waals surface area contributed by atoms with E-state index in [4.69, 9.17) is 0 Å². The number of hydrogen-bond donors (Lipinski definition) is 1. The highest BCUT2D eigenvalue weighted by Crippen LogP contribution is 2.24. The summed E-state index contributed by atoms with van der Waals surface area (Å²) in [6.45, 7) is 1.21. The van der Waals surface area contributed by atoms with Crippen molar-refractivity contribution in [1.82, 2.24) is 0 Å². The Morgan fingerprint density at radius 2 is 2.14 bits per heavy atom. The van der Waals surface area contributed by atoms with Crippen molar-refractivity contribution in [3.63, 3.8) is 0 Å². The smallest absolute Gasteiger partial charge is 0.387 e. The molecule has 1 N–H and O–H groups in total. The molecule has 0 bridgehead atoms. The quantitative estimate of drug-likeness (QED) is 0.736. The summed E-state index contributed by atoms with van der Waals surface area (Å²) in [5.41, 5.74) is 0.535. The topological polar surface area (TPSA) is 21.3 Å². The predicted octanol–water partition coefficient (Wildman–Crippen LogP) is 2.89. The lowest BCUT2D eigenvalue weighted by molar-refractivity contribution is -0.0493. The first-order chi connectivity index (χ1) is 6.74. The van der Waals surface area contributed by atoms with Crippen molar-refractivity contribution < 1.29 is 13.5 Å². The molecular formula is C10H11F2NO. The first-order valence-electron chi connectivity index (χ1n) is 4.12. The number of ether oxygens (including phenoxy) is 1. The Labute approximate surface area is 81.2 Å². The molecular weight excluding hydrogens is 188 g/mol. The number of halogens is 2. The van der Waals surface area contributed by atoms with E-state index in [9.17, 15) is 8.78 Å². The van der Waals surface area contributed by atoms with E-state index < -0.39 is 6.61 Å². The van der Waals surface area contributed by atoms with Crippen LogP contribution in [0.4, 0.5) is 14.5 Å². The van der Waals surface area contributed by atoms with Gasteiger partial charge in [-0.3, -0.25) is 0 Å². The zero-order valence-electron chi connectivity index (χ0n) is 7.54. The molecule has 76 valence electrons. The molecule has 0 aliphatic carbocycles. The van der Waals surface area contributed by atoms with Crippen LogP contribution in [0.1, 0.15) is 0 Å². The van der Waals surface area contributed by atoms with Gasteiger partial charge in [-0.2, -0.15) is 8.78 Å². The normalized spacial score (nSPS) is 9.93. The molecule has 0 aliphatic heterocycles. The lowest BCUT2D eigenvalue weighted by Crippen LogP contribution is -2.06. The minimum absolute atomic E-state index is 0.143. The molecule has 0 aromatic heterocycles. The number of alkyl halides is 2. The fraction of sp³-hybridized carbons (Fsp3) is 0.200. The van der Waals surface area contributed by atoms with E-state index in [1.54, 1.807) is 24.3 Å². The largest absolute Gasteiger partial charge is 0.433 e. The third-order valence-corrected chi connectivity index (χ3v) is 1.54. The Kier molecular flexibility index (Phi) is 3.91. The molecule has 0 radical (unpaired) electrons. The van der Waals surface area contributed by atoms with Crippen LogP contribution in [0, 0.1) is 0 Å². The lowest BCUT2D eigenvalue weighted by Gasteiger charge is -2.10. The molecule has 0 aliphatic rings. The molecule has 0 heterocycles. The standard InChI is InChI=1S/C10H11F2NO/c1-2-7-13-8-5-3-4-6-9(8)14-10(11)12/h2-6,10,13H,1,7H2. The fourth-order valence-electron chi connectivity index (χ4n) is 0.994. The Morgan fingerprint density at radius 1 is 1.43 bits per heavy atom. The summed E-state index contributed by atoms with van der Waals surface area (Å²) in [6, 6.07) is 6.53. The first kappa shape index (κ1) is 10.5. The van der Waals surface area contributed by atoms with Gasteiger partial charge in [0.2, 0.25) is 0 Å². The molecule has 0 amide bonds.